The minimum atomic E-state index is -0.313. The third kappa shape index (κ3) is 2.92. The van der Waals surface area contributed by atoms with Gasteiger partial charge in [-0.2, -0.15) is 10.2 Å². The number of pyridine rings is 1. The summed E-state index contributed by atoms with van der Waals surface area (Å²) in [5.74, 6) is -0.313. The molecule has 0 saturated heterocycles. The first-order valence-electron chi connectivity index (χ1n) is 7.55. The molecule has 1 amide bonds. The van der Waals surface area contributed by atoms with E-state index in [4.69, 9.17) is 4.42 Å². The Morgan fingerprint density at radius 2 is 2.20 bits per heavy atom. The maximum Gasteiger partial charge on any atom is 0.273 e. The molecule has 0 saturated carbocycles. The molecule has 0 aromatic carbocycles. The molecule has 4 aromatic heterocycles. The molecule has 4 rings (SSSR count). The monoisotopic (exact) mass is 334 g/mol. The quantitative estimate of drug-likeness (QED) is 0.597. The fraction of sp³-hybridized carbons (Fsp3) is 0.0588. The summed E-state index contributed by atoms with van der Waals surface area (Å²) in [6.45, 7) is 0. The van der Waals surface area contributed by atoms with Crippen LogP contribution >= 0.6 is 0 Å². The predicted octanol–water partition coefficient (Wildman–Crippen LogP) is 2.72. The Balaban J connectivity index is 1.60. The summed E-state index contributed by atoms with van der Waals surface area (Å²) in [5.41, 5.74) is 3.63. The van der Waals surface area contributed by atoms with Crippen molar-refractivity contribution in [3.05, 3.63) is 60.9 Å². The van der Waals surface area contributed by atoms with E-state index in [9.17, 15) is 4.79 Å². The Kier molecular flexibility index (Phi) is 3.62. The standard InChI is InChI=1S/C17H14N6O2/c1-23-9-15(16(22-23)12-4-2-3-6-18-12)19-17(24)14-8-13(20-21-14)11-5-7-25-10-11/h2-10H,1H3,(H,19,24)(H,20,21). The van der Waals surface area contributed by atoms with Gasteiger partial charge in [0, 0.05) is 25.0 Å². The van der Waals surface area contributed by atoms with Crippen LogP contribution in [0.4, 0.5) is 5.69 Å². The molecule has 0 aliphatic rings. The second-order valence-electron chi connectivity index (χ2n) is 5.41. The van der Waals surface area contributed by atoms with Crippen molar-refractivity contribution in [3.63, 3.8) is 0 Å². The van der Waals surface area contributed by atoms with Gasteiger partial charge in [-0.25, -0.2) is 0 Å². The number of hydrogen-bond donors (Lipinski definition) is 2. The molecule has 0 bridgehead atoms. The maximum atomic E-state index is 12.5. The van der Waals surface area contributed by atoms with Crippen LogP contribution < -0.4 is 5.32 Å². The zero-order chi connectivity index (χ0) is 17.2. The van der Waals surface area contributed by atoms with Crippen molar-refractivity contribution in [2.45, 2.75) is 0 Å². The van der Waals surface area contributed by atoms with Crippen LogP contribution in [0, 0.1) is 0 Å². The van der Waals surface area contributed by atoms with E-state index in [1.54, 1.807) is 48.8 Å². The molecule has 2 N–H and O–H groups in total. The number of nitrogens with zero attached hydrogens (tertiary/aromatic N) is 4. The molecule has 0 fully saturated rings. The first-order chi connectivity index (χ1) is 12.2. The third-order valence-electron chi connectivity index (χ3n) is 3.62. The molecule has 0 spiro atoms. The highest BCUT2D eigenvalue weighted by atomic mass is 16.3. The molecule has 0 aliphatic carbocycles. The van der Waals surface area contributed by atoms with E-state index in [-0.39, 0.29) is 5.91 Å². The van der Waals surface area contributed by atoms with Crippen molar-refractivity contribution in [3.8, 4) is 22.6 Å². The number of aromatic amines is 1. The van der Waals surface area contributed by atoms with Crippen molar-refractivity contribution >= 4 is 11.6 Å². The maximum absolute atomic E-state index is 12.5. The molecule has 25 heavy (non-hydrogen) atoms. The zero-order valence-electron chi connectivity index (χ0n) is 13.3. The second kappa shape index (κ2) is 6.08. The summed E-state index contributed by atoms with van der Waals surface area (Å²) in [7, 11) is 1.79. The van der Waals surface area contributed by atoms with Crippen molar-refractivity contribution in [1.82, 2.24) is 25.0 Å². The SMILES string of the molecule is Cn1cc(NC(=O)c2cc(-c3ccoc3)n[nH]2)c(-c2ccccn2)n1. The van der Waals surface area contributed by atoms with Crippen LogP contribution in [0.1, 0.15) is 10.5 Å². The van der Waals surface area contributed by atoms with Gasteiger partial charge in [0.1, 0.15) is 11.4 Å². The number of carbonyl (C=O) groups excluding carboxylic acids is 1. The van der Waals surface area contributed by atoms with Crippen molar-refractivity contribution in [1.29, 1.82) is 0 Å². The average molecular weight is 334 g/mol. The molecular weight excluding hydrogens is 320 g/mol. The molecular formula is C17H14N6O2. The minimum absolute atomic E-state index is 0.313. The Morgan fingerprint density at radius 3 is 2.96 bits per heavy atom. The van der Waals surface area contributed by atoms with E-state index in [1.807, 2.05) is 18.2 Å². The highest BCUT2D eigenvalue weighted by Gasteiger charge is 2.17. The van der Waals surface area contributed by atoms with Gasteiger partial charge < -0.3 is 9.73 Å². The molecule has 8 heteroatoms. The van der Waals surface area contributed by atoms with Crippen LogP contribution in [0.2, 0.25) is 0 Å². The number of rotatable bonds is 4. The molecule has 4 heterocycles. The van der Waals surface area contributed by atoms with Gasteiger partial charge >= 0.3 is 0 Å². The summed E-state index contributed by atoms with van der Waals surface area (Å²) in [6.07, 6.45) is 6.54. The van der Waals surface area contributed by atoms with Gasteiger partial charge in [-0.3, -0.25) is 19.6 Å². The summed E-state index contributed by atoms with van der Waals surface area (Å²) in [5, 5.41) is 14.1. The number of aromatic nitrogens is 5. The van der Waals surface area contributed by atoms with Crippen LogP contribution in [0.3, 0.4) is 0 Å². The predicted molar refractivity (Wildman–Crippen MR) is 90.7 cm³/mol. The number of amides is 1. The van der Waals surface area contributed by atoms with Crippen LogP contribution in [0.15, 0.2) is 59.7 Å². The molecule has 0 aliphatic heterocycles. The van der Waals surface area contributed by atoms with Crippen LogP contribution in [0.5, 0.6) is 0 Å². The van der Waals surface area contributed by atoms with Gasteiger partial charge in [-0.1, -0.05) is 6.07 Å². The molecule has 0 unspecified atom stereocenters. The third-order valence-corrected chi connectivity index (χ3v) is 3.62. The van der Waals surface area contributed by atoms with E-state index in [2.05, 4.69) is 25.6 Å². The van der Waals surface area contributed by atoms with Gasteiger partial charge in [0.05, 0.1) is 29.6 Å². The van der Waals surface area contributed by atoms with Crippen molar-refractivity contribution < 1.29 is 9.21 Å². The van der Waals surface area contributed by atoms with Crippen LogP contribution in [-0.2, 0) is 7.05 Å². The number of furan rings is 1. The van der Waals surface area contributed by atoms with Gasteiger partial charge in [0.2, 0.25) is 0 Å². The molecule has 8 nitrogen and oxygen atoms in total. The number of nitrogens with one attached hydrogen (secondary N) is 2. The normalized spacial score (nSPS) is 10.8. The lowest BCUT2D eigenvalue weighted by atomic mass is 10.2. The lowest BCUT2D eigenvalue weighted by molar-refractivity contribution is 0.102. The highest BCUT2D eigenvalue weighted by Crippen LogP contribution is 2.25. The van der Waals surface area contributed by atoms with E-state index in [0.717, 1.165) is 5.56 Å². The largest absolute Gasteiger partial charge is 0.472 e. The van der Waals surface area contributed by atoms with Gasteiger partial charge in [0.25, 0.3) is 5.91 Å². The van der Waals surface area contributed by atoms with Gasteiger partial charge in [-0.15, -0.1) is 0 Å². The van der Waals surface area contributed by atoms with Gasteiger partial charge in [0.15, 0.2) is 0 Å². The summed E-state index contributed by atoms with van der Waals surface area (Å²) in [4.78, 5) is 16.8. The fourth-order valence-electron chi connectivity index (χ4n) is 2.46. The Hall–Kier alpha value is -3.68. The number of aryl methyl sites for hydroxylation is 1. The number of H-pyrrole nitrogens is 1. The summed E-state index contributed by atoms with van der Waals surface area (Å²) in [6, 6.07) is 8.97. The van der Waals surface area contributed by atoms with E-state index in [0.29, 0.717) is 28.5 Å². The topological polar surface area (TPSA) is 102 Å². The van der Waals surface area contributed by atoms with E-state index >= 15 is 0 Å². The molecule has 124 valence electrons. The first kappa shape index (κ1) is 14.9. The first-order valence-corrected chi connectivity index (χ1v) is 7.55. The number of anilines is 1. The second-order valence-corrected chi connectivity index (χ2v) is 5.41. The van der Waals surface area contributed by atoms with Crippen molar-refractivity contribution in [2.75, 3.05) is 5.32 Å². The summed E-state index contributed by atoms with van der Waals surface area (Å²) < 4.78 is 6.66. The lowest BCUT2D eigenvalue weighted by Gasteiger charge is -2.03. The number of carbonyl (C=O) groups is 1. The fourth-order valence-corrected chi connectivity index (χ4v) is 2.46. The van der Waals surface area contributed by atoms with Crippen molar-refractivity contribution in [2.24, 2.45) is 7.05 Å². The van der Waals surface area contributed by atoms with E-state index < -0.39 is 0 Å². The van der Waals surface area contributed by atoms with E-state index in [1.165, 1.54) is 0 Å². The summed E-state index contributed by atoms with van der Waals surface area (Å²) >= 11 is 0. The molecule has 0 atom stereocenters. The Bertz CT molecular complexity index is 1000. The molecule has 0 radical (unpaired) electrons. The number of hydrogen-bond acceptors (Lipinski definition) is 5. The van der Waals surface area contributed by atoms with Crippen LogP contribution in [-0.4, -0.2) is 30.9 Å². The highest BCUT2D eigenvalue weighted by molar-refractivity contribution is 6.05. The smallest absolute Gasteiger partial charge is 0.273 e. The van der Waals surface area contributed by atoms with Crippen LogP contribution in [0.25, 0.3) is 22.6 Å². The van der Waals surface area contributed by atoms with Gasteiger partial charge in [-0.05, 0) is 24.3 Å². The lowest BCUT2D eigenvalue weighted by Crippen LogP contribution is -2.12. The molecule has 4 aromatic rings. The zero-order valence-corrected chi connectivity index (χ0v) is 13.3. The Labute approximate surface area is 142 Å². The minimum Gasteiger partial charge on any atom is -0.472 e. The average Bonchev–Trinajstić information content (AvgIpc) is 3.36. The Morgan fingerprint density at radius 1 is 1.28 bits per heavy atom.